The van der Waals surface area contributed by atoms with Crippen LogP contribution in [0.25, 0.3) is 11.4 Å². The Hall–Kier alpha value is -1.90. The van der Waals surface area contributed by atoms with Gasteiger partial charge in [0.1, 0.15) is 5.75 Å². The smallest absolute Gasteiger partial charge is 0.159 e. The van der Waals surface area contributed by atoms with Gasteiger partial charge in [-0.05, 0) is 74.3 Å². The van der Waals surface area contributed by atoms with Crippen LogP contribution < -0.4 is 4.74 Å². The highest BCUT2D eigenvalue weighted by Gasteiger charge is 2.22. The highest BCUT2D eigenvalue weighted by Crippen LogP contribution is 2.37. The van der Waals surface area contributed by atoms with Gasteiger partial charge in [0.15, 0.2) is 5.82 Å². The van der Waals surface area contributed by atoms with E-state index in [1.54, 1.807) is 0 Å². The maximum absolute atomic E-state index is 5.49. The zero-order chi connectivity index (χ0) is 17.5. The average molecular weight is 338 g/mol. The lowest BCUT2D eigenvalue weighted by Gasteiger charge is -2.28. The Morgan fingerprint density at radius 1 is 0.960 bits per heavy atom. The summed E-state index contributed by atoms with van der Waals surface area (Å²) in [7, 11) is 0. The van der Waals surface area contributed by atoms with Gasteiger partial charge >= 0.3 is 0 Å². The molecule has 0 N–H and O–H groups in total. The summed E-state index contributed by atoms with van der Waals surface area (Å²) in [5, 5.41) is 0. The van der Waals surface area contributed by atoms with Crippen molar-refractivity contribution in [2.24, 2.45) is 5.92 Å². The lowest BCUT2D eigenvalue weighted by Crippen LogP contribution is -2.13. The van der Waals surface area contributed by atoms with E-state index in [1.165, 1.54) is 50.5 Å². The quantitative estimate of drug-likeness (QED) is 0.620. The molecule has 1 saturated carbocycles. The first kappa shape index (κ1) is 17.9. The van der Waals surface area contributed by atoms with Crippen LogP contribution in [0.4, 0.5) is 0 Å². The molecule has 1 heterocycles. The largest absolute Gasteiger partial charge is 0.494 e. The third-order valence-corrected chi connectivity index (χ3v) is 5.38. The van der Waals surface area contributed by atoms with Gasteiger partial charge in [-0.2, -0.15) is 0 Å². The fraction of sp³-hybridized carbons (Fsp3) is 0.545. The van der Waals surface area contributed by atoms with Crippen molar-refractivity contribution in [1.29, 1.82) is 0 Å². The summed E-state index contributed by atoms with van der Waals surface area (Å²) in [6.07, 6.45) is 13.5. The summed E-state index contributed by atoms with van der Waals surface area (Å²) in [6, 6.07) is 8.01. The summed E-state index contributed by atoms with van der Waals surface area (Å²) in [4.78, 5) is 9.23. The molecule has 0 bridgehead atoms. The third kappa shape index (κ3) is 4.81. The van der Waals surface area contributed by atoms with E-state index in [0.29, 0.717) is 12.5 Å². The van der Waals surface area contributed by atoms with E-state index in [9.17, 15) is 0 Å². The average Bonchev–Trinajstić information content (AvgIpc) is 2.68. The third-order valence-electron chi connectivity index (χ3n) is 5.38. The molecule has 1 aliphatic carbocycles. The first-order valence-corrected chi connectivity index (χ1v) is 9.85. The molecule has 0 amide bonds. The topological polar surface area (TPSA) is 35.0 Å². The van der Waals surface area contributed by atoms with Crippen LogP contribution in [0.2, 0.25) is 0 Å². The molecule has 0 aliphatic heterocycles. The molecule has 134 valence electrons. The Morgan fingerprint density at radius 2 is 1.64 bits per heavy atom. The Balaban J connectivity index is 1.59. The lowest BCUT2D eigenvalue weighted by molar-refractivity contribution is 0.304. The Bertz CT molecular complexity index is 628. The van der Waals surface area contributed by atoms with Crippen LogP contribution in [0.15, 0.2) is 36.7 Å². The van der Waals surface area contributed by atoms with Gasteiger partial charge in [0.05, 0.1) is 6.61 Å². The van der Waals surface area contributed by atoms with Gasteiger partial charge in [-0.3, -0.25) is 0 Å². The predicted octanol–water partition coefficient (Wildman–Crippen LogP) is 6.01. The van der Waals surface area contributed by atoms with Gasteiger partial charge in [0.2, 0.25) is 0 Å². The molecule has 2 aromatic rings. The van der Waals surface area contributed by atoms with Crippen molar-refractivity contribution in [2.45, 2.75) is 64.7 Å². The molecule has 3 rings (SSSR count). The molecular weight excluding hydrogens is 308 g/mol. The zero-order valence-electron chi connectivity index (χ0n) is 15.6. The van der Waals surface area contributed by atoms with Crippen molar-refractivity contribution in [1.82, 2.24) is 9.97 Å². The highest BCUT2D eigenvalue weighted by atomic mass is 16.5. The second kappa shape index (κ2) is 8.98. The lowest BCUT2D eigenvalue weighted by atomic mass is 9.78. The minimum absolute atomic E-state index is 0.646. The Labute approximate surface area is 151 Å². The van der Waals surface area contributed by atoms with Crippen molar-refractivity contribution < 1.29 is 4.74 Å². The van der Waals surface area contributed by atoms with Crippen LogP contribution >= 0.6 is 0 Å². The van der Waals surface area contributed by atoms with Crippen LogP contribution in [-0.2, 0) is 0 Å². The molecule has 0 saturated heterocycles. The number of unbranched alkanes of at least 4 members (excludes halogenated alkanes) is 1. The second-order valence-electron chi connectivity index (χ2n) is 7.16. The summed E-state index contributed by atoms with van der Waals surface area (Å²) in [5.41, 5.74) is 2.35. The predicted molar refractivity (Wildman–Crippen MR) is 103 cm³/mol. The van der Waals surface area contributed by atoms with Gasteiger partial charge < -0.3 is 4.74 Å². The molecule has 0 atom stereocenters. The van der Waals surface area contributed by atoms with E-state index in [2.05, 4.69) is 16.9 Å². The number of benzene rings is 1. The van der Waals surface area contributed by atoms with E-state index >= 15 is 0 Å². The Kier molecular flexibility index (Phi) is 6.43. The van der Waals surface area contributed by atoms with E-state index in [-0.39, 0.29) is 0 Å². The number of ether oxygens (including phenoxy) is 1. The summed E-state index contributed by atoms with van der Waals surface area (Å²) in [6.45, 7) is 4.97. The molecule has 25 heavy (non-hydrogen) atoms. The van der Waals surface area contributed by atoms with Gasteiger partial charge in [0.25, 0.3) is 0 Å². The molecule has 1 fully saturated rings. The zero-order valence-corrected chi connectivity index (χ0v) is 15.6. The minimum Gasteiger partial charge on any atom is -0.494 e. The number of hydrogen-bond acceptors (Lipinski definition) is 3. The van der Waals surface area contributed by atoms with Crippen molar-refractivity contribution in [3.63, 3.8) is 0 Å². The summed E-state index contributed by atoms with van der Waals surface area (Å²) >= 11 is 0. The molecule has 3 heteroatoms. The first-order valence-electron chi connectivity index (χ1n) is 9.85. The highest BCUT2D eigenvalue weighted by molar-refractivity contribution is 5.56. The van der Waals surface area contributed by atoms with Gasteiger partial charge in [-0.1, -0.05) is 26.2 Å². The maximum Gasteiger partial charge on any atom is 0.159 e. The normalized spacial score (nSPS) is 20.4. The van der Waals surface area contributed by atoms with E-state index in [1.807, 2.05) is 43.6 Å². The molecule has 1 aromatic carbocycles. The van der Waals surface area contributed by atoms with Crippen molar-refractivity contribution >= 4 is 0 Å². The van der Waals surface area contributed by atoms with Crippen molar-refractivity contribution in [3.8, 4) is 17.1 Å². The van der Waals surface area contributed by atoms with Crippen LogP contribution in [-0.4, -0.2) is 16.6 Å². The van der Waals surface area contributed by atoms with Crippen LogP contribution in [0.5, 0.6) is 5.75 Å². The fourth-order valence-electron chi connectivity index (χ4n) is 3.84. The Morgan fingerprint density at radius 3 is 2.24 bits per heavy atom. The monoisotopic (exact) mass is 338 g/mol. The second-order valence-corrected chi connectivity index (χ2v) is 7.16. The molecule has 3 nitrogen and oxygen atoms in total. The van der Waals surface area contributed by atoms with Crippen molar-refractivity contribution in [3.05, 3.63) is 42.2 Å². The molecule has 0 radical (unpaired) electrons. The van der Waals surface area contributed by atoms with Gasteiger partial charge in [-0.25, -0.2) is 9.97 Å². The maximum atomic E-state index is 5.49. The number of aromatic nitrogens is 2. The van der Waals surface area contributed by atoms with E-state index in [4.69, 9.17) is 4.74 Å². The number of hydrogen-bond donors (Lipinski definition) is 0. The first-order chi connectivity index (χ1) is 12.3. The minimum atomic E-state index is 0.646. The molecular formula is C22H30N2O. The standard InChI is InChI=1S/C22H30N2O/c1-3-5-6-17-7-9-18(10-8-17)20-15-23-22(24-16-20)19-11-13-21(14-12-19)25-4-2/h11-18H,3-10H2,1-2H3. The summed E-state index contributed by atoms with van der Waals surface area (Å²) in [5.74, 6) is 3.28. The van der Waals surface area contributed by atoms with Crippen LogP contribution in [0.3, 0.4) is 0 Å². The van der Waals surface area contributed by atoms with Crippen molar-refractivity contribution in [2.75, 3.05) is 6.61 Å². The summed E-state index contributed by atoms with van der Waals surface area (Å²) < 4.78 is 5.49. The molecule has 1 aromatic heterocycles. The van der Waals surface area contributed by atoms with Crippen LogP contribution in [0.1, 0.15) is 70.3 Å². The van der Waals surface area contributed by atoms with E-state index in [0.717, 1.165) is 23.1 Å². The molecule has 0 spiro atoms. The van der Waals surface area contributed by atoms with Crippen LogP contribution in [0, 0.1) is 5.92 Å². The number of nitrogens with zero attached hydrogens (tertiary/aromatic N) is 2. The number of rotatable bonds is 7. The fourth-order valence-corrected chi connectivity index (χ4v) is 3.84. The van der Waals surface area contributed by atoms with Gasteiger partial charge in [0, 0.05) is 18.0 Å². The SMILES string of the molecule is CCCCC1CCC(c2cnc(-c3ccc(OCC)cc3)nc2)CC1. The van der Waals surface area contributed by atoms with E-state index < -0.39 is 0 Å². The molecule has 0 unspecified atom stereocenters. The van der Waals surface area contributed by atoms with Gasteiger partial charge in [-0.15, -0.1) is 0 Å². The molecule has 1 aliphatic rings.